The van der Waals surface area contributed by atoms with Gasteiger partial charge in [-0.1, -0.05) is 48.5 Å². The van der Waals surface area contributed by atoms with Crippen LogP contribution in [0.1, 0.15) is 0 Å². The molecular formula is C19H15NO2. The second-order valence-corrected chi connectivity index (χ2v) is 4.69. The average molecular weight is 289 g/mol. The van der Waals surface area contributed by atoms with Crippen LogP contribution in [-0.4, -0.2) is 6.47 Å². The number of hydrogen-bond donors (Lipinski definition) is 0. The molecular weight excluding hydrogens is 274 g/mol. The maximum absolute atomic E-state index is 10.8. The fraction of sp³-hybridized carbons (Fsp3) is 0. The molecule has 0 N–H and O–H groups in total. The first-order valence-corrected chi connectivity index (χ1v) is 7.00. The second kappa shape index (κ2) is 6.59. The molecule has 0 heterocycles. The van der Waals surface area contributed by atoms with E-state index in [1.807, 2.05) is 78.9 Å². The van der Waals surface area contributed by atoms with Gasteiger partial charge in [0.05, 0.1) is 5.69 Å². The van der Waals surface area contributed by atoms with E-state index in [4.69, 9.17) is 4.74 Å². The summed E-state index contributed by atoms with van der Waals surface area (Å²) in [5, 5.41) is 0. The Bertz CT molecular complexity index is 702. The number of carbonyl (C=O) groups excluding carboxylic acids is 1. The summed E-state index contributed by atoms with van der Waals surface area (Å²) in [6.07, 6.45) is 0. The van der Waals surface area contributed by atoms with Crippen LogP contribution in [0.15, 0.2) is 84.9 Å². The second-order valence-electron chi connectivity index (χ2n) is 4.69. The van der Waals surface area contributed by atoms with Gasteiger partial charge in [0.2, 0.25) is 0 Å². The molecule has 0 fully saturated rings. The normalized spacial score (nSPS) is 10.0. The number of ether oxygens (including phenoxy) is 1. The fourth-order valence-corrected chi connectivity index (χ4v) is 2.37. The van der Waals surface area contributed by atoms with Crippen LogP contribution in [0.3, 0.4) is 0 Å². The molecule has 3 nitrogen and oxygen atoms in total. The highest BCUT2D eigenvalue weighted by molar-refractivity contribution is 5.80. The Morgan fingerprint density at radius 3 is 1.73 bits per heavy atom. The van der Waals surface area contributed by atoms with Crippen LogP contribution in [0.5, 0.6) is 5.75 Å². The van der Waals surface area contributed by atoms with Crippen LogP contribution in [0, 0.1) is 0 Å². The van der Waals surface area contributed by atoms with Gasteiger partial charge in [0.25, 0.3) is 6.47 Å². The summed E-state index contributed by atoms with van der Waals surface area (Å²) in [6.45, 7) is 0.451. The molecule has 0 spiro atoms. The van der Waals surface area contributed by atoms with Gasteiger partial charge in [-0.2, -0.15) is 0 Å². The van der Waals surface area contributed by atoms with Gasteiger partial charge in [-0.25, -0.2) is 0 Å². The number of benzene rings is 3. The largest absolute Gasteiger partial charge is 0.427 e. The van der Waals surface area contributed by atoms with Crippen LogP contribution >= 0.6 is 0 Å². The van der Waals surface area contributed by atoms with E-state index in [1.54, 1.807) is 6.07 Å². The lowest BCUT2D eigenvalue weighted by molar-refractivity contribution is -0.120. The smallest absolute Gasteiger partial charge is 0.298 e. The van der Waals surface area contributed by atoms with Crippen molar-refractivity contribution in [1.82, 2.24) is 0 Å². The number of rotatable bonds is 5. The van der Waals surface area contributed by atoms with Crippen molar-refractivity contribution in [1.29, 1.82) is 0 Å². The van der Waals surface area contributed by atoms with E-state index in [0.29, 0.717) is 12.2 Å². The van der Waals surface area contributed by atoms with Gasteiger partial charge in [0.15, 0.2) is 5.75 Å². The topological polar surface area (TPSA) is 29.5 Å². The Kier molecular flexibility index (Phi) is 4.16. The van der Waals surface area contributed by atoms with E-state index in [-0.39, 0.29) is 0 Å². The molecule has 0 unspecified atom stereocenters. The Morgan fingerprint density at radius 2 is 1.18 bits per heavy atom. The molecule has 0 aliphatic carbocycles. The predicted molar refractivity (Wildman–Crippen MR) is 87.8 cm³/mol. The van der Waals surface area contributed by atoms with Crippen molar-refractivity contribution in [3.05, 3.63) is 84.9 Å². The highest BCUT2D eigenvalue weighted by Gasteiger charge is 2.15. The third-order valence-corrected chi connectivity index (χ3v) is 3.31. The van der Waals surface area contributed by atoms with Gasteiger partial charge in [0, 0.05) is 11.4 Å². The lowest BCUT2D eigenvalue weighted by Gasteiger charge is -2.26. The van der Waals surface area contributed by atoms with E-state index in [9.17, 15) is 4.79 Å². The average Bonchev–Trinajstić information content (AvgIpc) is 2.59. The molecule has 3 heteroatoms. The number of anilines is 3. The first-order chi connectivity index (χ1) is 10.9. The standard InChI is InChI=1S/C19H15NO2/c21-15-22-19-14-8-7-13-18(19)20(16-9-3-1-4-10-16)17-11-5-2-6-12-17/h1-15H. The van der Waals surface area contributed by atoms with E-state index in [0.717, 1.165) is 17.1 Å². The molecule has 0 aliphatic heterocycles. The highest BCUT2D eigenvalue weighted by atomic mass is 16.5. The number of nitrogens with zero attached hydrogens (tertiary/aromatic N) is 1. The SMILES string of the molecule is O=COc1ccccc1N(c1ccccc1)c1ccccc1. The van der Waals surface area contributed by atoms with E-state index in [2.05, 4.69) is 4.90 Å². The highest BCUT2D eigenvalue weighted by Crippen LogP contribution is 2.39. The fourth-order valence-electron chi connectivity index (χ4n) is 2.37. The summed E-state index contributed by atoms with van der Waals surface area (Å²) in [6, 6.07) is 27.4. The molecule has 0 amide bonds. The van der Waals surface area contributed by atoms with Crippen LogP contribution < -0.4 is 9.64 Å². The summed E-state index contributed by atoms with van der Waals surface area (Å²) in [5.74, 6) is 0.519. The van der Waals surface area contributed by atoms with Crippen molar-refractivity contribution in [2.75, 3.05) is 4.90 Å². The van der Waals surface area contributed by atoms with E-state index in [1.165, 1.54) is 0 Å². The number of carbonyl (C=O) groups is 1. The van der Waals surface area contributed by atoms with Gasteiger partial charge in [-0.05, 0) is 36.4 Å². The zero-order chi connectivity index (χ0) is 15.2. The minimum atomic E-state index is 0.451. The zero-order valence-corrected chi connectivity index (χ0v) is 11.9. The maximum Gasteiger partial charge on any atom is 0.298 e. The first-order valence-electron chi connectivity index (χ1n) is 7.00. The van der Waals surface area contributed by atoms with Crippen LogP contribution in [0.2, 0.25) is 0 Å². The molecule has 0 atom stereocenters. The van der Waals surface area contributed by atoms with Gasteiger partial charge in [-0.15, -0.1) is 0 Å². The summed E-state index contributed by atoms with van der Waals surface area (Å²) in [7, 11) is 0. The Morgan fingerprint density at radius 1 is 0.682 bits per heavy atom. The van der Waals surface area contributed by atoms with Gasteiger partial charge in [-0.3, -0.25) is 4.79 Å². The number of hydrogen-bond acceptors (Lipinski definition) is 3. The lowest BCUT2D eigenvalue weighted by Crippen LogP contribution is -2.11. The van der Waals surface area contributed by atoms with Crippen molar-refractivity contribution in [2.24, 2.45) is 0 Å². The molecule has 0 radical (unpaired) electrons. The summed E-state index contributed by atoms with van der Waals surface area (Å²) in [4.78, 5) is 12.8. The van der Waals surface area contributed by atoms with Gasteiger partial charge in [0.1, 0.15) is 0 Å². The third kappa shape index (κ3) is 2.83. The summed E-state index contributed by atoms with van der Waals surface area (Å²) in [5.41, 5.74) is 2.80. The van der Waals surface area contributed by atoms with Crippen molar-refractivity contribution in [2.45, 2.75) is 0 Å². The van der Waals surface area contributed by atoms with Crippen LogP contribution in [0.4, 0.5) is 17.1 Å². The molecule has 3 rings (SSSR count). The minimum absolute atomic E-state index is 0.451. The Balaban J connectivity index is 2.17. The zero-order valence-electron chi connectivity index (χ0n) is 11.9. The van der Waals surface area contributed by atoms with Crippen molar-refractivity contribution < 1.29 is 9.53 Å². The van der Waals surface area contributed by atoms with Crippen LogP contribution in [-0.2, 0) is 4.79 Å². The molecule has 0 aromatic heterocycles. The number of para-hydroxylation sites is 4. The quantitative estimate of drug-likeness (QED) is 0.638. The summed E-state index contributed by atoms with van der Waals surface area (Å²) >= 11 is 0. The molecule has 22 heavy (non-hydrogen) atoms. The van der Waals surface area contributed by atoms with Gasteiger partial charge >= 0.3 is 0 Å². The third-order valence-electron chi connectivity index (χ3n) is 3.31. The Hall–Kier alpha value is -3.07. The molecule has 3 aromatic rings. The monoisotopic (exact) mass is 289 g/mol. The van der Waals surface area contributed by atoms with Crippen molar-refractivity contribution in [3.8, 4) is 5.75 Å². The minimum Gasteiger partial charge on any atom is -0.427 e. The predicted octanol–water partition coefficient (Wildman–Crippen LogP) is 4.69. The summed E-state index contributed by atoms with van der Waals surface area (Å²) < 4.78 is 5.14. The van der Waals surface area contributed by atoms with Gasteiger partial charge < -0.3 is 9.64 Å². The molecule has 0 bridgehead atoms. The van der Waals surface area contributed by atoms with Crippen LogP contribution in [0.25, 0.3) is 0 Å². The molecule has 108 valence electrons. The Labute approximate surface area is 129 Å². The molecule has 0 saturated heterocycles. The van der Waals surface area contributed by atoms with E-state index >= 15 is 0 Å². The van der Waals surface area contributed by atoms with Crippen molar-refractivity contribution in [3.63, 3.8) is 0 Å². The van der Waals surface area contributed by atoms with E-state index < -0.39 is 0 Å². The first kappa shape index (κ1) is 13.9. The molecule has 3 aromatic carbocycles. The molecule has 0 aliphatic rings. The van der Waals surface area contributed by atoms with Crippen molar-refractivity contribution >= 4 is 23.5 Å². The lowest BCUT2D eigenvalue weighted by atomic mass is 10.2. The maximum atomic E-state index is 10.8. The molecule has 0 saturated carbocycles.